The Morgan fingerprint density at radius 2 is 1.48 bits per heavy atom. The van der Waals surface area contributed by atoms with Crippen LogP contribution in [0.3, 0.4) is 0 Å². The van der Waals surface area contributed by atoms with Crippen molar-refractivity contribution in [3.63, 3.8) is 0 Å². The van der Waals surface area contributed by atoms with Gasteiger partial charge in [0.1, 0.15) is 0 Å². The van der Waals surface area contributed by atoms with Gasteiger partial charge >= 0.3 is 5.97 Å². The highest BCUT2D eigenvalue weighted by atomic mass is 16.7. The molecule has 1 saturated carbocycles. The molecule has 1 aliphatic heterocycles. The first-order valence-corrected chi connectivity index (χ1v) is 9.44. The summed E-state index contributed by atoms with van der Waals surface area (Å²) >= 11 is 0. The summed E-state index contributed by atoms with van der Waals surface area (Å²) in [5, 5.41) is 0.577. The van der Waals surface area contributed by atoms with Crippen LogP contribution >= 0.6 is 0 Å². The molecule has 29 heavy (non-hydrogen) atoms. The number of imide groups is 1. The summed E-state index contributed by atoms with van der Waals surface area (Å²) in [4.78, 5) is 43.8. The summed E-state index contributed by atoms with van der Waals surface area (Å²) in [7, 11) is 3.07. The third-order valence-electron chi connectivity index (χ3n) is 5.71. The molecule has 1 fully saturated rings. The summed E-state index contributed by atoms with van der Waals surface area (Å²) in [6, 6.07) is 11.7. The maximum Gasteiger partial charge on any atom is 0.343 e. The zero-order chi connectivity index (χ0) is 20.6. The van der Waals surface area contributed by atoms with Crippen LogP contribution in [0.1, 0.15) is 52.0 Å². The van der Waals surface area contributed by atoms with Crippen LogP contribution in [0.5, 0.6) is 11.5 Å². The van der Waals surface area contributed by atoms with Gasteiger partial charge in [-0.2, -0.15) is 0 Å². The van der Waals surface area contributed by atoms with Gasteiger partial charge in [-0.25, -0.2) is 4.79 Å². The lowest BCUT2D eigenvalue weighted by Gasteiger charge is -2.29. The van der Waals surface area contributed by atoms with Gasteiger partial charge in [0.05, 0.1) is 30.8 Å². The molecule has 4 rings (SSSR count). The lowest BCUT2D eigenvalue weighted by molar-refractivity contribution is -0.175. The summed E-state index contributed by atoms with van der Waals surface area (Å²) in [6.45, 7) is 0. The molecule has 7 heteroatoms. The Hall–Kier alpha value is -3.35. The van der Waals surface area contributed by atoms with E-state index in [2.05, 4.69) is 0 Å². The molecule has 2 aromatic carbocycles. The van der Waals surface area contributed by atoms with E-state index in [9.17, 15) is 14.4 Å². The monoisotopic (exact) mass is 395 g/mol. The number of carbonyl (C=O) groups is 3. The van der Waals surface area contributed by atoms with E-state index in [-0.39, 0.29) is 11.1 Å². The van der Waals surface area contributed by atoms with E-state index in [1.807, 2.05) is 0 Å². The third kappa shape index (κ3) is 2.93. The first kappa shape index (κ1) is 19.0. The van der Waals surface area contributed by atoms with Gasteiger partial charge in [0.25, 0.3) is 11.8 Å². The van der Waals surface area contributed by atoms with E-state index in [1.165, 1.54) is 7.11 Å². The number of hydrogen-bond donors (Lipinski definition) is 0. The normalized spacial score (nSPS) is 17.2. The van der Waals surface area contributed by atoms with Crippen molar-refractivity contribution in [3.8, 4) is 11.5 Å². The Bertz CT molecular complexity index is 958. The number of hydrogen-bond acceptors (Lipinski definition) is 6. The Morgan fingerprint density at radius 1 is 0.897 bits per heavy atom. The smallest absolute Gasteiger partial charge is 0.343 e. The molecule has 0 radical (unpaired) electrons. The average molecular weight is 395 g/mol. The molecule has 0 N–H and O–H groups in total. The molecular weight excluding hydrogens is 374 g/mol. The van der Waals surface area contributed by atoms with Gasteiger partial charge in [0, 0.05) is 0 Å². The van der Waals surface area contributed by atoms with Gasteiger partial charge in [0.15, 0.2) is 11.5 Å². The van der Waals surface area contributed by atoms with Gasteiger partial charge in [-0.15, -0.1) is 0 Å². The predicted octanol–water partition coefficient (Wildman–Crippen LogP) is 3.27. The number of benzene rings is 2. The molecule has 7 nitrogen and oxygen atoms in total. The molecule has 2 amide bonds. The fraction of sp³-hybridized carbons (Fsp3) is 0.318. The van der Waals surface area contributed by atoms with Crippen molar-refractivity contribution in [2.24, 2.45) is 0 Å². The SMILES string of the molecule is COc1ccc(C2(C(=O)ON3C(=O)c4ccccc4C3=O)CCCC2)cc1OC. The highest BCUT2D eigenvalue weighted by Crippen LogP contribution is 2.45. The van der Waals surface area contributed by atoms with Crippen molar-refractivity contribution in [2.45, 2.75) is 31.1 Å². The largest absolute Gasteiger partial charge is 0.493 e. The molecule has 1 heterocycles. The van der Waals surface area contributed by atoms with E-state index in [0.29, 0.717) is 35.0 Å². The minimum absolute atomic E-state index is 0.233. The molecule has 1 aliphatic carbocycles. The van der Waals surface area contributed by atoms with Gasteiger partial charge in [-0.05, 0) is 42.7 Å². The molecule has 0 saturated heterocycles. The standard InChI is InChI=1S/C22H21NO6/c1-27-17-10-9-14(13-18(17)28-2)22(11-5-6-12-22)21(26)29-23-19(24)15-7-3-4-8-16(15)20(23)25/h3-4,7-10,13H,5-6,11-12H2,1-2H3. The lowest BCUT2D eigenvalue weighted by atomic mass is 9.79. The third-order valence-corrected chi connectivity index (χ3v) is 5.71. The van der Waals surface area contributed by atoms with Crippen molar-refractivity contribution >= 4 is 17.8 Å². The summed E-state index contributed by atoms with van der Waals surface area (Å²) < 4.78 is 10.7. The van der Waals surface area contributed by atoms with Crippen LogP contribution in [0.2, 0.25) is 0 Å². The molecule has 2 aromatic rings. The maximum absolute atomic E-state index is 13.3. The van der Waals surface area contributed by atoms with Crippen molar-refractivity contribution in [1.82, 2.24) is 5.06 Å². The van der Waals surface area contributed by atoms with Crippen LogP contribution in [0.4, 0.5) is 0 Å². The second-order valence-electron chi connectivity index (χ2n) is 7.19. The van der Waals surface area contributed by atoms with Gasteiger partial charge < -0.3 is 14.3 Å². The van der Waals surface area contributed by atoms with E-state index in [1.54, 1.807) is 49.6 Å². The van der Waals surface area contributed by atoms with E-state index in [0.717, 1.165) is 12.8 Å². The Balaban J connectivity index is 1.66. The molecular formula is C22H21NO6. The van der Waals surface area contributed by atoms with Gasteiger partial charge in [0.2, 0.25) is 0 Å². The number of carbonyl (C=O) groups excluding carboxylic acids is 3. The number of hydroxylamine groups is 2. The Kier molecular flexibility index (Phi) is 4.74. The summed E-state index contributed by atoms with van der Waals surface area (Å²) in [5.74, 6) is -0.807. The second-order valence-corrected chi connectivity index (χ2v) is 7.19. The minimum Gasteiger partial charge on any atom is -0.493 e. The van der Waals surface area contributed by atoms with Gasteiger partial charge in [-0.3, -0.25) is 9.59 Å². The van der Waals surface area contributed by atoms with E-state index in [4.69, 9.17) is 14.3 Å². The fourth-order valence-corrected chi connectivity index (χ4v) is 4.14. The number of amides is 2. The highest BCUT2D eigenvalue weighted by molar-refractivity contribution is 6.21. The fourth-order valence-electron chi connectivity index (χ4n) is 4.14. The van der Waals surface area contributed by atoms with Crippen molar-refractivity contribution in [3.05, 3.63) is 59.2 Å². The topological polar surface area (TPSA) is 82.1 Å². The van der Waals surface area contributed by atoms with Crippen molar-refractivity contribution in [2.75, 3.05) is 14.2 Å². The molecule has 2 aliphatic rings. The molecule has 0 aromatic heterocycles. The number of rotatable bonds is 5. The first-order chi connectivity index (χ1) is 14.0. The van der Waals surface area contributed by atoms with E-state index < -0.39 is 23.2 Å². The zero-order valence-electron chi connectivity index (χ0n) is 16.3. The highest BCUT2D eigenvalue weighted by Gasteiger charge is 2.48. The molecule has 150 valence electrons. The van der Waals surface area contributed by atoms with Gasteiger partial charge in [-0.1, -0.05) is 36.1 Å². The van der Waals surface area contributed by atoms with Crippen LogP contribution in [-0.4, -0.2) is 37.1 Å². The molecule has 0 spiro atoms. The summed E-state index contributed by atoms with van der Waals surface area (Å²) in [5.41, 5.74) is 0.234. The Morgan fingerprint density at radius 3 is 2.03 bits per heavy atom. The number of methoxy groups -OCH3 is 2. The minimum atomic E-state index is -0.950. The first-order valence-electron chi connectivity index (χ1n) is 9.44. The van der Waals surface area contributed by atoms with Crippen molar-refractivity contribution in [1.29, 1.82) is 0 Å². The quantitative estimate of drug-likeness (QED) is 0.723. The van der Waals surface area contributed by atoms with Crippen LogP contribution in [0, 0.1) is 0 Å². The maximum atomic E-state index is 13.3. The number of fused-ring (bicyclic) bond motifs is 1. The number of nitrogens with zero attached hydrogens (tertiary/aromatic N) is 1. The second kappa shape index (κ2) is 7.24. The van der Waals surface area contributed by atoms with Crippen LogP contribution in [-0.2, 0) is 15.0 Å². The van der Waals surface area contributed by atoms with Crippen molar-refractivity contribution < 1.29 is 28.7 Å². The zero-order valence-corrected chi connectivity index (χ0v) is 16.3. The lowest BCUT2D eigenvalue weighted by Crippen LogP contribution is -2.42. The number of ether oxygens (including phenoxy) is 2. The van der Waals surface area contributed by atoms with Crippen LogP contribution in [0.15, 0.2) is 42.5 Å². The Labute approximate surface area is 168 Å². The molecule has 0 unspecified atom stereocenters. The molecule has 0 atom stereocenters. The molecule has 0 bridgehead atoms. The van der Waals surface area contributed by atoms with E-state index >= 15 is 0 Å². The van der Waals surface area contributed by atoms with Crippen LogP contribution in [0.25, 0.3) is 0 Å². The average Bonchev–Trinajstić information content (AvgIpc) is 3.34. The van der Waals surface area contributed by atoms with Crippen LogP contribution < -0.4 is 9.47 Å². The predicted molar refractivity (Wildman–Crippen MR) is 103 cm³/mol. The summed E-state index contributed by atoms with van der Waals surface area (Å²) in [6.07, 6.45) is 2.80.